The van der Waals surface area contributed by atoms with E-state index in [2.05, 4.69) is 36.4 Å². The fourth-order valence-corrected chi connectivity index (χ4v) is 8.36. The molecule has 0 saturated carbocycles. The van der Waals surface area contributed by atoms with E-state index in [9.17, 15) is 9.59 Å². The van der Waals surface area contributed by atoms with Crippen molar-refractivity contribution in [3.05, 3.63) is 198 Å². The third kappa shape index (κ3) is 8.98. The summed E-state index contributed by atoms with van der Waals surface area (Å²) in [5, 5.41) is 14.7. The van der Waals surface area contributed by atoms with Gasteiger partial charge in [-0.25, -0.2) is 4.79 Å². The monoisotopic (exact) mass is 825 g/mol. The minimum absolute atomic E-state index is 0.118. The third-order valence-corrected chi connectivity index (χ3v) is 11.5. The van der Waals surface area contributed by atoms with Crippen LogP contribution in [0.2, 0.25) is 0 Å². The molecule has 0 aliphatic carbocycles. The molecule has 8 rings (SSSR count). The zero-order chi connectivity index (χ0) is 42.9. The SMILES string of the molecule is CC(C)[C@@H](C(=O)OCc1ccccc1)N(Cc1ccc(-c2ccccc2-c2nnn(C(c3ccccc3)(c3ccccc3)c3ccccc3)n2)cc1)C(=O)CCC1(C)OCCO1. The van der Waals surface area contributed by atoms with Gasteiger partial charge in [0, 0.05) is 24.9 Å². The summed E-state index contributed by atoms with van der Waals surface area (Å²) in [5.74, 6) is -1.20. The van der Waals surface area contributed by atoms with E-state index in [0.29, 0.717) is 25.5 Å². The molecule has 0 bridgehead atoms. The molecule has 1 saturated heterocycles. The standard InChI is InChI=1S/C52H51N5O5/c1-38(2)48(50(59)60-37-40-18-8-4-9-19-40)56(47(58)32-33-51(3)61-34-35-62-51)36-39-28-30-41(31-29-39)45-26-16-17-27-46(45)49-53-55-57(54-49)52(42-20-10-5-11-21-42,43-22-12-6-13-23-43)44-24-14-7-15-25-44/h4-31,38,48H,32-37H2,1-3H3/t48-/m0/s1. The third-order valence-electron chi connectivity index (χ3n) is 11.5. The molecule has 0 unspecified atom stereocenters. The molecule has 0 radical (unpaired) electrons. The van der Waals surface area contributed by atoms with Crippen molar-refractivity contribution in [2.24, 2.45) is 5.92 Å². The van der Waals surface area contributed by atoms with Crippen LogP contribution in [0.15, 0.2) is 170 Å². The summed E-state index contributed by atoms with van der Waals surface area (Å²) in [5.41, 5.74) is 6.49. The molecular weight excluding hydrogens is 775 g/mol. The normalized spacial score (nSPS) is 14.1. The molecule has 1 aliphatic rings. The van der Waals surface area contributed by atoms with E-state index in [1.165, 1.54) is 0 Å². The summed E-state index contributed by atoms with van der Waals surface area (Å²) in [6, 6.07) is 55.6. The van der Waals surface area contributed by atoms with Gasteiger partial charge in [-0.3, -0.25) is 4.79 Å². The summed E-state index contributed by atoms with van der Waals surface area (Å²) < 4.78 is 17.5. The number of nitrogens with zero attached hydrogens (tertiary/aromatic N) is 5. The van der Waals surface area contributed by atoms with Gasteiger partial charge in [0.05, 0.1) is 13.2 Å². The van der Waals surface area contributed by atoms with Gasteiger partial charge in [0.25, 0.3) is 0 Å². The first kappa shape index (κ1) is 42.0. The second-order valence-corrected chi connectivity index (χ2v) is 16.1. The highest BCUT2D eigenvalue weighted by Gasteiger charge is 2.41. The van der Waals surface area contributed by atoms with Gasteiger partial charge in [-0.1, -0.05) is 184 Å². The van der Waals surface area contributed by atoms with E-state index in [1.54, 1.807) is 9.70 Å². The number of hydrogen-bond donors (Lipinski definition) is 0. The Morgan fingerprint density at radius 2 is 1.21 bits per heavy atom. The number of carbonyl (C=O) groups is 2. The quantitative estimate of drug-likeness (QED) is 0.0701. The van der Waals surface area contributed by atoms with Crippen molar-refractivity contribution in [3.63, 3.8) is 0 Å². The summed E-state index contributed by atoms with van der Waals surface area (Å²) in [6.45, 7) is 7.01. The zero-order valence-corrected chi connectivity index (χ0v) is 35.3. The number of hydrogen-bond acceptors (Lipinski definition) is 8. The summed E-state index contributed by atoms with van der Waals surface area (Å²) in [6.07, 6.45) is 0.509. The number of aromatic nitrogens is 4. The minimum Gasteiger partial charge on any atom is -0.459 e. The molecule has 7 aromatic rings. The Hall–Kier alpha value is -6.75. The van der Waals surface area contributed by atoms with Crippen LogP contribution < -0.4 is 0 Å². The Labute approximate surface area is 363 Å². The summed E-state index contributed by atoms with van der Waals surface area (Å²) in [4.78, 5) is 31.4. The first-order chi connectivity index (χ1) is 30.2. The molecule has 6 aromatic carbocycles. The highest BCUT2D eigenvalue weighted by atomic mass is 16.7. The maximum atomic E-state index is 14.2. The molecule has 1 atom stereocenters. The topological polar surface area (TPSA) is 109 Å². The van der Waals surface area contributed by atoms with Gasteiger partial charge in [-0.05, 0) is 57.0 Å². The van der Waals surface area contributed by atoms with Crippen LogP contribution in [0.1, 0.15) is 61.4 Å². The molecule has 1 amide bonds. The van der Waals surface area contributed by atoms with Crippen molar-refractivity contribution < 1.29 is 23.8 Å². The highest BCUT2D eigenvalue weighted by molar-refractivity contribution is 5.85. The van der Waals surface area contributed by atoms with Gasteiger partial charge in [0.15, 0.2) is 11.3 Å². The fraction of sp³-hybridized carbons (Fsp3) is 0.250. The summed E-state index contributed by atoms with van der Waals surface area (Å²) in [7, 11) is 0. The number of carbonyl (C=O) groups excluding carboxylic acids is 2. The van der Waals surface area contributed by atoms with Crippen molar-refractivity contribution in [1.82, 2.24) is 25.1 Å². The average Bonchev–Trinajstić information content (AvgIpc) is 3.99. The number of amides is 1. The molecule has 1 fully saturated rings. The lowest BCUT2D eigenvalue weighted by molar-refractivity contribution is -0.163. The maximum absolute atomic E-state index is 14.2. The van der Waals surface area contributed by atoms with E-state index >= 15 is 0 Å². The van der Waals surface area contributed by atoms with Gasteiger partial charge in [-0.15, -0.1) is 15.0 Å². The highest BCUT2D eigenvalue weighted by Crippen LogP contribution is 2.40. The van der Waals surface area contributed by atoms with Crippen LogP contribution in [0.5, 0.6) is 0 Å². The Bertz CT molecular complexity index is 2450. The van der Waals surface area contributed by atoms with Crippen molar-refractivity contribution >= 4 is 11.9 Å². The first-order valence-electron chi connectivity index (χ1n) is 21.2. The van der Waals surface area contributed by atoms with Crippen LogP contribution in [0, 0.1) is 5.92 Å². The molecule has 10 heteroatoms. The van der Waals surface area contributed by atoms with Crippen LogP contribution in [0.25, 0.3) is 22.5 Å². The Morgan fingerprint density at radius 3 is 1.76 bits per heavy atom. The van der Waals surface area contributed by atoms with E-state index in [-0.39, 0.29) is 31.4 Å². The Balaban J connectivity index is 1.10. The molecule has 62 heavy (non-hydrogen) atoms. The number of benzene rings is 6. The molecule has 0 spiro atoms. The number of esters is 1. The van der Waals surface area contributed by atoms with Gasteiger partial charge in [-0.2, -0.15) is 0 Å². The number of rotatable bonds is 16. The lowest BCUT2D eigenvalue weighted by Gasteiger charge is -2.34. The predicted octanol–water partition coefficient (Wildman–Crippen LogP) is 9.49. The second kappa shape index (κ2) is 18.9. The smallest absolute Gasteiger partial charge is 0.329 e. The molecule has 10 nitrogen and oxygen atoms in total. The lowest BCUT2D eigenvalue weighted by atomic mass is 9.77. The summed E-state index contributed by atoms with van der Waals surface area (Å²) >= 11 is 0. The van der Waals surface area contributed by atoms with Crippen LogP contribution in [-0.2, 0) is 42.5 Å². The second-order valence-electron chi connectivity index (χ2n) is 16.1. The van der Waals surface area contributed by atoms with E-state index in [1.807, 2.05) is 154 Å². The number of ether oxygens (including phenoxy) is 3. The Morgan fingerprint density at radius 1 is 0.694 bits per heavy atom. The molecular formula is C52H51N5O5. The maximum Gasteiger partial charge on any atom is 0.329 e. The van der Waals surface area contributed by atoms with Crippen LogP contribution in [-0.4, -0.2) is 62.0 Å². The molecule has 1 aromatic heterocycles. The first-order valence-corrected chi connectivity index (χ1v) is 21.2. The molecule has 1 aliphatic heterocycles. The van der Waals surface area contributed by atoms with Crippen LogP contribution in [0.3, 0.4) is 0 Å². The van der Waals surface area contributed by atoms with Crippen molar-refractivity contribution in [1.29, 1.82) is 0 Å². The molecule has 314 valence electrons. The average molecular weight is 826 g/mol. The van der Waals surface area contributed by atoms with Gasteiger partial charge < -0.3 is 19.1 Å². The van der Waals surface area contributed by atoms with Crippen molar-refractivity contribution in [3.8, 4) is 22.5 Å². The Kier molecular flexibility index (Phi) is 12.8. The van der Waals surface area contributed by atoms with Crippen LogP contribution in [0.4, 0.5) is 0 Å². The van der Waals surface area contributed by atoms with Gasteiger partial charge >= 0.3 is 5.97 Å². The minimum atomic E-state index is -0.911. The lowest BCUT2D eigenvalue weighted by Crippen LogP contribution is -2.48. The predicted molar refractivity (Wildman–Crippen MR) is 238 cm³/mol. The fourth-order valence-electron chi connectivity index (χ4n) is 8.36. The largest absolute Gasteiger partial charge is 0.459 e. The van der Waals surface area contributed by atoms with Crippen molar-refractivity contribution in [2.75, 3.05) is 13.2 Å². The number of tetrazole rings is 1. The van der Waals surface area contributed by atoms with Gasteiger partial charge in [0.1, 0.15) is 12.6 Å². The van der Waals surface area contributed by atoms with Crippen LogP contribution >= 0.6 is 0 Å². The molecule has 2 heterocycles. The van der Waals surface area contributed by atoms with E-state index < -0.39 is 23.3 Å². The van der Waals surface area contributed by atoms with E-state index in [4.69, 9.17) is 29.6 Å². The van der Waals surface area contributed by atoms with Gasteiger partial charge in [0.2, 0.25) is 11.7 Å². The van der Waals surface area contributed by atoms with Crippen molar-refractivity contribution in [2.45, 2.75) is 64.1 Å². The van der Waals surface area contributed by atoms with E-state index in [0.717, 1.165) is 44.5 Å². The zero-order valence-electron chi connectivity index (χ0n) is 35.3. The molecule has 0 N–H and O–H groups in total.